The lowest BCUT2D eigenvalue weighted by Gasteiger charge is -2.01. The Balaban J connectivity index is 2.22. The first-order valence-corrected chi connectivity index (χ1v) is 5.70. The molecule has 1 aromatic carbocycles. The van der Waals surface area contributed by atoms with Gasteiger partial charge >= 0.3 is 0 Å². The van der Waals surface area contributed by atoms with Crippen molar-refractivity contribution in [3.63, 3.8) is 0 Å². The van der Waals surface area contributed by atoms with Crippen LogP contribution in [0.3, 0.4) is 0 Å². The molecule has 0 saturated heterocycles. The van der Waals surface area contributed by atoms with Crippen LogP contribution in [0.25, 0.3) is 22.0 Å². The van der Waals surface area contributed by atoms with Crippen molar-refractivity contribution < 1.29 is 0 Å². The van der Waals surface area contributed by atoms with Crippen LogP contribution in [0.2, 0.25) is 0 Å². The number of fused-ring (bicyclic) bond motifs is 1. The van der Waals surface area contributed by atoms with E-state index in [2.05, 4.69) is 47.9 Å². The second-order valence-electron chi connectivity index (χ2n) is 4.52. The third-order valence-corrected chi connectivity index (χ3v) is 3.32. The van der Waals surface area contributed by atoms with Gasteiger partial charge in [-0.25, -0.2) is 0 Å². The molecule has 0 amide bonds. The summed E-state index contributed by atoms with van der Waals surface area (Å²) in [5.74, 6) is 0. The van der Waals surface area contributed by atoms with E-state index in [0.29, 0.717) is 0 Å². The Labute approximate surface area is 100 Å². The molecule has 3 rings (SSSR count). The van der Waals surface area contributed by atoms with Crippen LogP contribution in [0.4, 0.5) is 0 Å². The summed E-state index contributed by atoms with van der Waals surface area (Å²) >= 11 is 0. The fourth-order valence-electron chi connectivity index (χ4n) is 2.22. The molecule has 3 aromatic rings. The zero-order chi connectivity index (χ0) is 12.0. The molecule has 3 heteroatoms. The predicted octanol–water partition coefficient (Wildman–Crippen LogP) is 2.89. The van der Waals surface area contributed by atoms with Crippen LogP contribution < -0.4 is 0 Å². The second-order valence-corrected chi connectivity index (χ2v) is 4.52. The van der Waals surface area contributed by atoms with Crippen LogP contribution in [-0.2, 0) is 14.1 Å². The molecule has 0 bridgehead atoms. The number of hydrogen-bond acceptors (Lipinski definition) is 1. The number of hydrogen-bond donors (Lipinski definition) is 0. The first-order valence-electron chi connectivity index (χ1n) is 5.70. The lowest BCUT2D eigenvalue weighted by atomic mass is 10.1. The van der Waals surface area contributed by atoms with Gasteiger partial charge in [0.05, 0.1) is 6.20 Å². The van der Waals surface area contributed by atoms with E-state index < -0.39 is 0 Å². The number of rotatable bonds is 1. The van der Waals surface area contributed by atoms with E-state index in [-0.39, 0.29) is 0 Å². The lowest BCUT2D eigenvalue weighted by molar-refractivity contribution is 0.768. The van der Waals surface area contributed by atoms with Crippen LogP contribution in [-0.4, -0.2) is 14.3 Å². The fourth-order valence-corrected chi connectivity index (χ4v) is 2.22. The number of nitrogens with zero attached hydrogens (tertiary/aromatic N) is 3. The van der Waals surface area contributed by atoms with Crippen molar-refractivity contribution >= 4 is 10.9 Å². The van der Waals surface area contributed by atoms with Gasteiger partial charge in [0.25, 0.3) is 0 Å². The molecule has 0 N–H and O–H groups in total. The maximum atomic E-state index is 4.21. The third kappa shape index (κ3) is 1.55. The van der Waals surface area contributed by atoms with Gasteiger partial charge in [-0.2, -0.15) is 5.10 Å². The molecule has 3 nitrogen and oxygen atoms in total. The molecular formula is C14H15N3. The van der Waals surface area contributed by atoms with Gasteiger partial charge in [0, 0.05) is 37.1 Å². The summed E-state index contributed by atoms with van der Waals surface area (Å²) in [6.45, 7) is 2.13. The average Bonchev–Trinajstić information content (AvgIpc) is 2.85. The van der Waals surface area contributed by atoms with Crippen molar-refractivity contribution in [3.05, 3.63) is 42.4 Å². The van der Waals surface area contributed by atoms with Crippen molar-refractivity contribution in [2.24, 2.45) is 14.1 Å². The van der Waals surface area contributed by atoms with Crippen molar-refractivity contribution in [1.82, 2.24) is 14.3 Å². The molecule has 0 fully saturated rings. The van der Waals surface area contributed by atoms with Crippen LogP contribution in [0.1, 0.15) is 5.69 Å². The van der Waals surface area contributed by atoms with Gasteiger partial charge in [-0.05, 0) is 30.0 Å². The molecule has 0 spiro atoms. The average molecular weight is 225 g/mol. The molecule has 2 aromatic heterocycles. The highest BCUT2D eigenvalue weighted by Gasteiger charge is 2.05. The molecule has 2 heterocycles. The summed E-state index contributed by atoms with van der Waals surface area (Å²) in [4.78, 5) is 0. The zero-order valence-corrected chi connectivity index (χ0v) is 10.3. The Morgan fingerprint density at radius 1 is 1.06 bits per heavy atom. The summed E-state index contributed by atoms with van der Waals surface area (Å²) in [5.41, 5.74) is 4.92. The Kier molecular flexibility index (Phi) is 2.08. The summed E-state index contributed by atoms with van der Waals surface area (Å²) in [7, 11) is 4.04. The fraction of sp³-hybridized carbons (Fsp3) is 0.214. The normalized spacial score (nSPS) is 11.2. The summed E-state index contributed by atoms with van der Waals surface area (Å²) in [5, 5.41) is 5.50. The van der Waals surface area contributed by atoms with Gasteiger partial charge in [-0.1, -0.05) is 12.1 Å². The summed E-state index contributed by atoms with van der Waals surface area (Å²) < 4.78 is 4.05. The minimum Gasteiger partial charge on any atom is -0.348 e. The predicted molar refractivity (Wildman–Crippen MR) is 69.9 cm³/mol. The quantitative estimate of drug-likeness (QED) is 0.624. The van der Waals surface area contributed by atoms with E-state index in [9.17, 15) is 0 Å². The Hall–Kier alpha value is -2.03. The summed E-state index contributed by atoms with van der Waals surface area (Å²) in [6.07, 6.45) is 3.94. The van der Waals surface area contributed by atoms with Crippen LogP contribution in [0.15, 0.2) is 36.7 Å². The van der Waals surface area contributed by atoms with Gasteiger partial charge in [0.15, 0.2) is 0 Å². The number of benzene rings is 1. The van der Waals surface area contributed by atoms with Crippen molar-refractivity contribution in [2.75, 3.05) is 0 Å². The minimum atomic E-state index is 1.16. The zero-order valence-electron chi connectivity index (χ0n) is 10.3. The highest BCUT2D eigenvalue weighted by molar-refractivity contribution is 5.86. The third-order valence-electron chi connectivity index (χ3n) is 3.32. The van der Waals surface area contributed by atoms with Crippen LogP contribution >= 0.6 is 0 Å². The molecule has 0 aliphatic rings. The molecule has 0 aliphatic carbocycles. The van der Waals surface area contributed by atoms with E-state index >= 15 is 0 Å². The molecule has 86 valence electrons. The highest BCUT2D eigenvalue weighted by atomic mass is 15.2. The monoisotopic (exact) mass is 225 g/mol. The van der Waals surface area contributed by atoms with E-state index in [1.54, 1.807) is 0 Å². The smallest absolute Gasteiger partial charge is 0.0568 e. The Morgan fingerprint density at radius 2 is 1.88 bits per heavy atom. The topological polar surface area (TPSA) is 22.8 Å². The first-order chi connectivity index (χ1) is 8.15. The van der Waals surface area contributed by atoms with Gasteiger partial charge in [0.1, 0.15) is 0 Å². The largest absolute Gasteiger partial charge is 0.348 e. The number of aryl methyl sites for hydroxylation is 3. The molecule has 0 unspecified atom stereocenters. The van der Waals surface area contributed by atoms with E-state index in [1.165, 1.54) is 22.2 Å². The van der Waals surface area contributed by atoms with Gasteiger partial charge in [0.2, 0.25) is 0 Å². The second kappa shape index (κ2) is 3.48. The van der Waals surface area contributed by atoms with E-state index in [0.717, 1.165) is 5.56 Å². The maximum Gasteiger partial charge on any atom is 0.0568 e. The summed E-state index contributed by atoms with van der Waals surface area (Å²) in [6, 6.07) is 8.76. The van der Waals surface area contributed by atoms with Gasteiger partial charge in [-0.15, -0.1) is 0 Å². The molecule has 0 atom stereocenters. The number of aromatic nitrogens is 3. The molecule has 0 aliphatic heterocycles. The van der Waals surface area contributed by atoms with Crippen molar-refractivity contribution in [2.45, 2.75) is 6.92 Å². The van der Waals surface area contributed by atoms with Gasteiger partial charge in [-0.3, -0.25) is 4.68 Å². The maximum absolute atomic E-state index is 4.21. The molecular weight excluding hydrogens is 210 g/mol. The first kappa shape index (κ1) is 10.1. The molecule has 0 radical (unpaired) electrons. The van der Waals surface area contributed by atoms with Crippen LogP contribution in [0.5, 0.6) is 0 Å². The van der Waals surface area contributed by atoms with Crippen molar-refractivity contribution in [1.29, 1.82) is 0 Å². The standard InChI is InChI=1S/C14H15N3/c1-10-6-12-5-4-11(7-14(12)17(10)3)13-8-15-16(2)9-13/h4-9H,1-3H3. The van der Waals surface area contributed by atoms with E-state index in [1.807, 2.05) is 24.1 Å². The minimum absolute atomic E-state index is 1.16. The van der Waals surface area contributed by atoms with Crippen molar-refractivity contribution in [3.8, 4) is 11.1 Å². The lowest BCUT2D eigenvalue weighted by Crippen LogP contribution is -1.89. The SMILES string of the molecule is Cc1cc2ccc(-c3cnn(C)c3)cc2n1C. The van der Waals surface area contributed by atoms with Gasteiger partial charge < -0.3 is 4.57 Å². The van der Waals surface area contributed by atoms with Crippen LogP contribution in [0, 0.1) is 6.92 Å². The molecule has 17 heavy (non-hydrogen) atoms. The molecule has 0 saturated carbocycles. The highest BCUT2D eigenvalue weighted by Crippen LogP contribution is 2.25. The van der Waals surface area contributed by atoms with E-state index in [4.69, 9.17) is 0 Å². The Bertz CT molecular complexity index is 689. The Morgan fingerprint density at radius 3 is 2.59 bits per heavy atom.